The fourth-order valence-corrected chi connectivity index (χ4v) is 3.92. The molecule has 0 radical (unpaired) electrons. The lowest BCUT2D eigenvalue weighted by Crippen LogP contribution is -2.45. The third kappa shape index (κ3) is 7.28. The van der Waals surface area contributed by atoms with E-state index in [2.05, 4.69) is 14.9 Å². The molecule has 0 spiro atoms. The lowest BCUT2D eigenvalue weighted by Gasteiger charge is -2.39. The lowest BCUT2D eigenvalue weighted by atomic mass is 9.93. The molecule has 21 heavy (non-hydrogen) atoms. The van der Waals surface area contributed by atoms with Gasteiger partial charge in [-0.2, -0.15) is 0 Å². The summed E-state index contributed by atoms with van der Waals surface area (Å²) >= 11 is 0. The molecule has 2 fully saturated rings. The van der Waals surface area contributed by atoms with Gasteiger partial charge in [0.1, 0.15) is 0 Å². The van der Waals surface area contributed by atoms with E-state index in [1.54, 1.807) is 0 Å². The molecule has 0 aromatic carbocycles. The topological polar surface area (TPSA) is 61.4 Å². The van der Waals surface area contributed by atoms with Crippen molar-refractivity contribution in [2.45, 2.75) is 44.6 Å². The zero-order valence-electron chi connectivity index (χ0n) is 13.0. The summed E-state index contributed by atoms with van der Waals surface area (Å²) in [6, 6.07) is 0.563. The maximum Gasteiger partial charge on any atom is 0.208 e. The zero-order valence-corrected chi connectivity index (χ0v) is 14.6. The summed E-state index contributed by atoms with van der Waals surface area (Å²) < 4.78 is 24.9. The molecule has 2 N–H and O–H groups in total. The van der Waals surface area contributed by atoms with Crippen molar-refractivity contribution in [1.29, 1.82) is 0 Å². The molecular formula is C14H30ClN3O2S. The molecule has 5 nitrogen and oxygen atoms in total. The van der Waals surface area contributed by atoms with Crippen LogP contribution in [0.3, 0.4) is 0 Å². The van der Waals surface area contributed by atoms with Crippen LogP contribution in [-0.4, -0.2) is 58.3 Å². The van der Waals surface area contributed by atoms with Crippen LogP contribution in [0.15, 0.2) is 0 Å². The largest absolute Gasteiger partial charge is 0.317 e. The highest BCUT2D eigenvalue weighted by molar-refractivity contribution is 7.88. The summed E-state index contributed by atoms with van der Waals surface area (Å²) in [4.78, 5) is 2.61. The molecule has 126 valence electrons. The molecule has 2 saturated heterocycles. The predicted octanol–water partition coefficient (Wildman–Crippen LogP) is 1.20. The highest BCUT2D eigenvalue weighted by Crippen LogP contribution is 2.23. The summed E-state index contributed by atoms with van der Waals surface area (Å²) in [6.45, 7) is 5.27. The monoisotopic (exact) mass is 339 g/mol. The van der Waals surface area contributed by atoms with Crippen molar-refractivity contribution in [1.82, 2.24) is 14.9 Å². The first-order chi connectivity index (χ1) is 9.54. The highest BCUT2D eigenvalue weighted by atomic mass is 35.5. The van der Waals surface area contributed by atoms with Gasteiger partial charge in [0.15, 0.2) is 0 Å². The quantitative estimate of drug-likeness (QED) is 0.763. The van der Waals surface area contributed by atoms with Crippen molar-refractivity contribution >= 4 is 22.4 Å². The van der Waals surface area contributed by atoms with Crippen LogP contribution in [0.1, 0.15) is 38.5 Å². The first kappa shape index (κ1) is 19.2. The van der Waals surface area contributed by atoms with Gasteiger partial charge in [0, 0.05) is 19.1 Å². The van der Waals surface area contributed by atoms with Crippen molar-refractivity contribution in [2.24, 2.45) is 5.92 Å². The van der Waals surface area contributed by atoms with E-state index in [9.17, 15) is 8.42 Å². The minimum atomic E-state index is -3.05. The van der Waals surface area contributed by atoms with Gasteiger partial charge in [-0.3, -0.25) is 0 Å². The van der Waals surface area contributed by atoms with E-state index in [0.29, 0.717) is 12.6 Å². The van der Waals surface area contributed by atoms with Crippen molar-refractivity contribution in [2.75, 3.05) is 39.0 Å². The van der Waals surface area contributed by atoms with Gasteiger partial charge in [-0.15, -0.1) is 12.4 Å². The van der Waals surface area contributed by atoms with E-state index in [0.717, 1.165) is 25.4 Å². The average molecular weight is 340 g/mol. The van der Waals surface area contributed by atoms with Gasteiger partial charge in [-0.1, -0.05) is 6.42 Å². The van der Waals surface area contributed by atoms with E-state index < -0.39 is 10.0 Å². The van der Waals surface area contributed by atoms with Crippen LogP contribution >= 0.6 is 12.4 Å². The molecule has 2 heterocycles. The Balaban J connectivity index is 0.00000220. The number of nitrogens with one attached hydrogen (secondary N) is 2. The molecule has 1 unspecified atom stereocenters. The number of likely N-dealkylation sites (tertiary alicyclic amines) is 1. The van der Waals surface area contributed by atoms with E-state index in [1.165, 1.54) is 51.4 Å². The zero-order chi connectivity index (χ0) is 14.4. The molecule has 7 heteroatoms. The summed E-state index contributed by atoms with van der Waals surface area (Å²) in [7, 11) is -3.05. The SMILES string of the molecule is CS(=O)(=O)NCCC1CCCCN1CC1CCNCC1.Cl. The third-order valence-electron chi connectivity index (χ3n) is 4.54. The van der Waals surface area contributed by atoms with Crippen molar-refractivity contribution in [3.63, 3.8) is 0 Å². The van der Waals surface area contributed by atoms with Gasteiger partial charge in [0.2, 0.25) is 10.0 Å². The van der Waals surface area contributed by atoms with Crippen LogP contribution in [0, 0.1) is 5.92 Å². The predicted molar refractivity (Wildman–Crippen MR) is 89.5 cm³/mol. The minimum absolute atomic E-state index is 0. The Morgan fingerprint density at radius 1 is 1.19 bits per heavy atom. The Kier molecular flexibility index (Phi) is 8.49. The Labute approximate surface area is 135 Å². The molecule has 0 amide bonds. The number of hydrogen-bond donors (Lipinski definition) is 2. The molecule has 0 aromatic heterocycles. The molecule has 0 saturated carbocycles. The molecule has 0 bridgehead atoms. The second kappa shape index (κ2) is 9.30. The van der Waals surface area contributed by atoms with Crippen LogP contribution in [-0.2, 0) is 10.0 Å². The summed E-state index contributed by atoms with van der Waals surface area (Å²) in [5, 5.41) is 3.42. The van der Waals surface area contributed by atoms with Gasteiger partial charge in [0.25, 0.3) is 0 Å². The third-order valence-corrected chi connectivity index (χ3v) is 5.27. The van der Waals surface area contributed by atoms with Crippen molar-refractivity contribution in [3.8, 4) is 0 Å². The Bertz CT molecular complexity index is 386. The highest BCUT2D eigenvalue weighted by Gasteiger charge is 2.25. The molecule has 0 aliphatic carbocycles. The van der Waals surface area contributed by atoms with Crippen molar-refractivity contribution in [3.05, 3.63) is 0 Å². The van der Waals surface area contributed by atoms with Gasteiger partial charge in [-0.05, 0) is 57.7 Å². The van der Waals surface area contributed by atoms with E-state index in [1.807, 2.05) is 0 Å². The number of piperidine rings is 2. The molecule has 1 atom stereocenters. The average Bonchev–Trinajstić information content (AvgIpc) is 2.40. The van der Waals surface area contributed by atoms with Crippen LogP contribution in [0.4, 0.5) is 0 Å². The smallest absolute Gasteiger partial charge is 0.208 e. The maximum atomic E-state index is 11.1. The van der Waals surface area contributed by atoms with E-state index >= 15 is 0 Å². The number of sulfonamides is 1. The minimum Gasteiger partial charge on any atom is -0.317 e. The molecular weight excluding hydrogens is 310 g/mol. The lowest BCUT2D eigenvalue weighted by molar-refractivity contribution is 0.110. The normalized spacial score (nSPS) is 25.5. The summed E-state index contributed by atoms with van der Waals surface area (Å²) in [6.07, 6.45) is 8.54. The Morgan fingerprint density at radius 3 is 2.57 bits per heavy atom. The second-order valence-electron chi connectivity index (χ2n) is 6.29. The Morgan fingerprint density at radius 2 is 1.90 bits per heavy atom. The first-order valence-electron chi connectivity index (χ1n) is 7.94. The number of halogens is 1. The van der Waals surface area contributed by atoms with Crippen LogP contribution in [0.5, 0.6) is 0 Å². The summed E-state index contributed by atoms with van der Waals surface area (Å²) in [5.74, 6) is 0.819. The number of nitrogens with zero attached hydrogens (tertiary/aromatic N) is 1. The van der Waals surface area contributed by atoms with E-state index in [-0.39, 0.29) is 12.4 Å². The number of rotatable bonds is 6. The first-order valence-corrected chi connectivity index (χ1v) is 9.83. The molecule has 2 rings (SSSR count). The van der Waals surface area contributed by atoms with Crippen LogP contribution in [0.2, 0.25) is 0 Å². The van der Waals surface area contributed by atoms with Gasteiger partial charge < -0.3 is 10.2 Å². The maximum absolute atomic E-state index is 11.1. The standard InChI is InChI=1S/C14H29N3O2S.ClH/c1-20(18,19)16-10-7-14-4-2-3-11-17(14)12-13-5-8-15-9-6-13;/h13-16H,2-12H2,1H3;1H. The van der Waals surface area contributed by atoms with Crippen molar-refractivity contribution < 1.29 is 8.42 Å². The van der Waals surface area contributed by atoms with Crippen LogP contribution < -0.4 is 10.0 Å². The van der Waals surface area contributed by atoms with Gasteiger partial charge in [-0.25, -0.2) is 13.1 Å². The molecule has 2 aliphatic rings. The number of hydrogen-bond acceptors (Lipinski definition) is 4. The molecule has 0 aromatic rings. The van der Waals surface area contributed by atoms with E-state index in [4.69, 9.17) is 0 Å². The van der Waals surface area contributed by atoms with Gasteiger partial charge >= 0.3 is 0 Å². The Hall–Kier alpha value is 0.120. The molecule has 2 aliphatic heterocycles. The fourth-order valence-electron chi connectivity index (χ4n) is 3.43. The second-order valence-corrected chi connectivity index (χ2v) is 8.13. The van der Waals surface area contributed by atoms with Crippen LogP contribution in [0.25, 0.3) is 0 Å². The summed E-state index contributed by atoms with van der Waals surface area (Å²) in [5.41, 5.74) is 0. The fraction of sp³-hybridized carbons (Fsp3) is 1.00. The van der Waals surface area contributed by atoms with Gasteiger partial charge in [0.05, 0.1) is 6.26 Å².